The Balaban J connectivity index is 1.42. The summed E-state index contributed by atoms with van der Waals surface area (Å²) in [6, 6.07) is 25.6. The number of hydrazone groups is 1. The number of carbonyl (C=O) groups is 2. The molecule has 2 N–H and O–H groups in total. The molecule has 1 heterocycles. The first-order valence-electron chi connectivity index (χ1n) is 12.1. The van der Waals surface area contributed by atoms with Gasteiger partial charge >= 0.3 is 0 Å². The molecule has 0 aromatic heterocycles. The molecule has 0 spiro atoms. The fourth-order valence-electron chi connectivity index (χ4n) is 4.02. The third-order valence-electron chi connectivity index (χ3n) is 5.83. The minimum Gasteiger partial charge on any atom is -0.493 e. The van der Waals surface area contributed by atoms with Crippen molar-refractivity contribution in [1.82, 2.24) is 10.7 Å². The van der Waals surface area contributed by atoms with E-state index in [0.29, 0.717) is 35.0 Å². The van der Waals surface area contributed by atoms with Crippen molar-refractivity contribution in [3.05, 3.63) is 107 Å². The number of hydrogen-bond donors (Lipinski definition) is 2. The lowest BCUT2D eigenvalue weighted by atomic mass is 10.0. The van der Waals surface area contributed by atoms with E-state index in [2.05, 4.69) is 15.8 Å². The molecule has 5 rings (SSSR count). The van der Waals surface area contributed by atoms with Crippen molar-refractivity contribution < 1.29 is 23.8 Å². The van der Waals surface area contributed by atoms with Gasteiger partial charge in [-0.1, -0.05) is 54.6 Å². The summed E-state index contributed by atoms with van der Waals surface area (Å²) in [6.07, 6.45) is 3.10. The van der Waals surface area contributed by atoms with Gasteiger partial charge < -0.3 is 19.5 Å². The first-order valence-corrected chi connectivity index (χ1v) is 12.1. The summed E-state index contributed by atoms with van der Waals surface area (Å²) in [7, 11) is 0. The molecular formula is C30H25N3O5. The van der Waals surface area contributed by atoms with Crippen LogP contribution < -0.4 is 25.0 Å². The molecule has 0 unspecified atom stereocenters. The first kappa shape index (κ1) is 24.6. The number of nitrogens with one attached hydrogen (secondary N) is 2. The molecule has 0 bridgehead atoms. The third-order valence-corrected chi connectivity index (χ3v) is 5.83. The standard InChI is InChI=1S/C30H25N3O5/c1-2-36-26-15-13-21-8-6-7-11-23(21)24(26)18-31-33-30(35)25(32-29(34)22-9-4-3-5-10-22)16-20-12-14-27-28(17-20)38-19-37-27/h3-18H,2,19H2,1H3,(H,32,34)(H,33,35)/b25-16+,31-18+. The zero-order valence-electron chi connectivity index (χ0n) is 20.6. The van der Waals surface area contributed by atoms with Gasteiger partial charge in [-0.05, 0) is 59.7 Å². The van der Waals surface area contributed by atoms with Gasteiger partial charge in [0.25, 0.3) is 11.8 Å². The summed E-state index contributed by atoms with van der Waals surface area (Å²) >= 11 is 0. The highest BCUT2D eigenvalue weighted by molar-refractivity contribution is 6.06. The van der Waals surface area contributed by atoms with E-state index >= 15 is 0 Å². The van der Waals surface area contributed by atoms with E-state index in [1.165, 1.54) is 0 Å². The molecule has 4 aromatic carbocycles. The zero-order chi connectivity index (χ0) is 26.3. The summed E-state index contributed by atoms with van der Waals surface area (Å²) in [5, 5.41) is 8.84. The Hall–Kier alpha value is -5.11. The monoisotopic (exact) mass is 507 g/mol. The number of rotatable bonds is 8. The summed E-state index contributed by atoms with van der Waals surface area (Å²) < 4.78 is 16.6. The van der Waals surface area contributed by atoms with Crippen molar-refractivity contribution in [2.75, 3.05) is 13.4 Å². The topological polar surface area (TPSA) is 98.2 Å². The zero-order valence-corrected chi connectivity index (χ0v) is 20.6. The van der Waals surface area contributed by atoms with Gasteiger partial charge in [0.15, 0.2) is 11.5 Å². The average Bonchev–Trinajstić information content (AvgIpc) is 3.42. The van der Waals surface area contributed by atoms with Crippen LogP contribution in [0, 0.1) is 0 Å². The molecule has 4 aromatic rings. The van der Waals surface area contributed by atoms with Crippen molar-refractivity contribution in [2.45, 2.75) is 6.92 Å². The fourth-order valence-corrected chi connectivity index (χ4v) is 4.02. The second-order valence-corrected chi connectivity index (χ2v) is 8.32. The molecular weight excluding hydrogens is 482 g/mol. The van der Waals surface area contributed by atoms with Crippen LogP contribution in [0.1, 0.15) is 28.4 Å². The predicted octanol–water partition coefficient (Wildman–Crippen LogP) is 4.89. The summed E-state index contributed by atoms with van der Waals surface area (Å²) in [6.45, 7) is 2.52. The highest BCUT2D eigenvalue weighted by atomic mass is 16.7. The van der Waals surface area contributed by atoms with Gasteiger partial charge in [-0.15, -0.1) is 0 Å². The molecule has 0 radical (unpaired) electrons. The minimum absolute atomic E-state index is 0.0119. The lowest BCUT2D eigenvalue weighted by Gasteiger charge is -2.11. The lowest BCUT2D eigenvalue weighted by Crippen LogP contribution is -2.32. The molecule has 2 amide bonds. The van der Waals surface area contributed by atoms with Gasteiger partial charge in [-0.3, -0.25) is 9.59 Å². The number of benzene rings is 4. The first-order chi connectivity index (χ1) is 18.6. The van der Waals surface area contributed by atoms with Crippen LogP contribution in [-0.2, 0) is 4.79 Å². The Morgan fingerprint density at radius 1 is 0.947 bits per heavy atom. The molecule has 8 heteroatoms. The maximum absolute atomic E-state index is 13.2. The molecule has 0 saturated carbocycles. The maximum atomic E-state index is 13.2. The van der Waals surface area contributed by atoms with E-state index in [0.717, 1.165) is 16.3 Å². The molecule has 1 aliphatic rings. The van der Waals surface area contributed by atoms with Gasteiger partial charge in [0.2, 0.25) is 6.79 Å². The normalized spacial score (nSPS) is 12.5. The average molecular weight is 508 g/mol. The molecule has 0 atom stereocenters. The fraction of sp³-hybridized carbons (Fsp3) is 0.100. The van der Waals surface area contributed by atoms with Gasteiger partial charge in [0, 0.05) is 11.1 Å². The molecule has 38 heavy (non-hydrogen) atoms. The van der Waals surface area contributed by atoms with Crippen LogP contribution in [-0.4, -0.2) is 31.4 Å². The molecule has 1 aliphatic heterocycles. The van der Waals surface area contributed by atoms with Crippen molar-refractivity contribution in [1.29, 1.82) is 0 Å². The summed E-state index contributed by atoms with van der Waals surface area (Å²) in [4.78, 5) is 26.1. The van der Waals surface area contributed by atoms with Gasteiger partial charge in [-0.25, -0.2) is 5.43 Å². The maximum Gasteiger partial charge on any atom is 0.287 e. The number of ether oxygens (including phenoxy) is 3. The number of amides is 2. The van der Waals surface area contributed by atoms with Crippen molar-refractivity contribution >= 4 is 34.9 Å². The molecule has 190 valence electrons. The van der Waals surface area contributed by atoms with Crippen LogP contribution in [0.15, 0.2) is 95.7 Å². The number of carbonyl (C=O) groups excluding carboxylic acids is 2. The third kappa shape index (κ3) is 5.49. The van der Waals surface area contributed by atoms with E-state index in [-0.39, 0.29) is 12.5 Å². The summed E-state index contributed by atoms with van der Waals surface area (Å²) in [5.74, 6) is 0.806. The van der Waals surface area contributed by atoms with Crippen LogP contribution in [0.3, 0.4) is 0 Å². The van der Waals surface area contributed by atoms with Crippen molar-refractivity contribution in [3.63, 3.8) is 0 Å². The van der Waals surface area contributed by atoms with Crippen LogP contribution in [0.2, 0.25) is 0 Å². The van der Waals surface area contributed by atoms with E-state index in [9.17, 15) is 9.59 Å². The Morgan fingerprint density at radius 3 is 2.58 bits per heavy atom. The Kier molecular flexibility index (Phi) is 7.31. The molecule has 8 nitrogen and oxygen atoms in total. The SMILES string of the molecule is CCOc1ccc2ccccc2c1/C=N/NC(=O)/C(=C\c1ccc2c(c1)OCO2)NC(=O)c1ccccc1. The Morgan fingerprint density at radius 2 is 1.74 bits per heavy atom. The highest BCUT2D eigenvalue weighted by Crippen LogP contribution is 2.33. The number of fused-ring (bicyclic) bond motifs is 2. The van der Waals surface area contributed by atoms with Crippen LogP contribution in [0.4, 0.5) is 0 Å². The van der Waals surface area contributed by atoms with Crippen molar-refractivity contribution in [2.24, 2.45) is 5.10 Å². The second-order valence-electron chi connectivity index (χ2n) is 8.32. The van der Waals surface area contributed by atoms with E-state index in [1.54, 1.807) is 54.8 Å². The summed E-state index contributed by atoms with van der Waals surface area (Å²) in [5.41, 5.74) is 4.34. The van der Waals surface area contributed by atoms with Gasteiger partial charge in [-0.2, -0.15) is 5.10 Å². The number of nitrogens with zero attached hydrogens (tertiary/aromatic N) is 1. The molecule has 0 saturated heterocycles. The van der Waals surface area contributed by atoms with E-state index < -0.39 is 11.8 Å². The lowest BCUT2D eigenvalue weighted by molar-refractivity contribution is -0.117. The van der Waals surface area contributed by atoms with Crippen LogP contribution >= 0.6 is 0 Å². The quantitative estimate of drug-likeness (QED) is 0.201. The Labute approximate surface area is 219 Å². The van der Waals surface area contributed by atoms with E-state index in [1.807, 2.05) is 49.4 Å². The largest absolute Gasteiger partial charge is 0.493 e. The highest BCUT2D eigenvalue weighted by Gasteiger charge is 2.17. The van der Waals surface area contributed by atoms with Crippen molar-refractivity contribution in [3.8, 4) is 17.2 Å². The number of hydrogen-bond acceptors (Lipinski definition) is 6. The molecule has 0 aliphatic carbocycles. The van der Waals surface area contributed by atoms with Gasteiger partial charge in [0.05, 0.1) is 12.8 Å². The smallest absolute Gasteiger partial charge is 0.287 e. The predicted molar refractivity (Wildman–Crippen MR) is 145 cm³/mol. The van der Waals surface area contributed by atoms with E-state index in [4.69, 9.17) is 14.2 Å². The van der Waals surface area contributed by atoms with Gasteiger partial charge in [0.1, 0.15) is 11.4 Å². The second kappa shape index (κ2) is 11.3. The van der Waals surface area contributed by atoms with Crippen LogP contribution in [0.5, 0.6) is 17.2 Å². The minimum atomic E-state index is -0.596. The molecule has 0 fully saturated rings. The van der Waals surface area contributed by atoms with Crippen LogP contribution in [0.25, 0.3) is 16.8 Å². The Bertz CT molecular complexity index is 1550.